The van der Waals surface area contributed by atoms with Crippen LogP contribution in [0, 0.1) is 0 Å². The SMILES string of the molecule is CC(C)(C)OC(=O)N1CC(ONC(=O)[C@@H]2CC[C@@H]3CN2C(=O)N3OS(=O)(=O)O)C1.O=C(NOC1CNC1)[C@@H]1CC[C@@H]2CN1C(=O)N2OS(=O)(=O)O. The Morgan fingerprint density at radius 1 is 0.725 bits per heavy atom. The van der Waals surface area contributed by atoms with E-state index in [0.29, 0.717) is 42.5 Å². The summed E-state index contributed by atoms with van der Waals surface area (Å²) in [6, 6.07) is -4.32. The van der Waals surface area contributed by atoms with Crippen molar-refractivity contribution >= 4 is 50.8 Å². The maximum atomic E-state index is 12.4. The number of likely N-dealkylation sites (tertiary alicyclic amines) is 1. The number of carbonyl (C=O) groups excluding carboxylic acids is 5. The molecule has 6 saturated heterocycles. The highest BCUT2D eigenvalue weighted by Crippen LogP contribution is 2.32. The molecule has 0 unspecified atom stereocenters. The number of piperidine rings is 2. The minimum Gasteiger partial charge on any atom is -0.444 e. The van der Waals surface area contributed by atoms with Gasteiger partial charge in [0.25, 0.3) is 11.8 Å². The topological polar surface area (TPSA) is 293 Å². The molecule has 6 aliphatic rings. The molecule has 6 rings (SSSR count). The molecule has 6 fully saturated rings. The van der Waals surface area contributed by atoms with Crippen molar-refractivity contribution in [2.75, 3.05) is 39.3 Å². The molecule has 4 bridgehead atoms. The fourth-order valence-electron chi connectivity index (χ4n) is 5.96. The van der Waals surface area contributed by atoms with Gasteiger partial charge in [-0.25, -0.2) is 25.3 Å². The normalized spacial score (nSPS) is 26.6. The number of hydroxylamine groups is 6. The zero-order valence-electron chi connectivity index (χ0n) is 27.7. The second kappa shape index (κ2) is 14.8. The lowest BCUT2D eigenvalue weighted by Gasteiger charge is -2.39. The van der Waals surface area contributed by atoms with Gasteiger partial charge >= 0.3 is 39.0 Å². The van der Waals surface area contributed by atoms with Crippen LogP contribution in [0.2, 0.25) is 0 Å². The number of amides is 7. The van der Waals surface area contributed by atoms with E-state index in [1.807, 2.05) is 0 Å². The Bertz CT molecular complexity index is 1600. The van der Waals surface area contributed by atoms with Crippen LogP contribution in [0.15, 0.2) is 0 Å². The molecule has 0 aromatic heterocycles. The van der Waals surface area contributed by atoms with Gasteiger partial charge in [-0.3, -0.25) is 28.4 Å². The summed E-state index contributed by atoms with van der Waals surface area (Å²) in [4.78, 5) is 75.0. The lowest BCUT2D eigenvalue weighted by molar-refractivity contribution is -0.152. The molecule has 0 radical (unpaired) electrons. The fourth-order valence-corrected chi connectivity index (χ4v) is 6.74. The molecule has 5 N–H and O–H groups in total. The lowest BCUT2D eigenvalue weighted by Crippen LogP contribution is -2.58. The van der Waals surface area contributed by atoms with Crippen molar-refractivity contribution < 1.29 is 72.9 Å². The summed E-state index contributed by atoms with van der Waals surface area (Å²) >= 11 is 0. The third-order valence-electron chi connectivity index (χ3n) is 8.50. The first-order valence-electron chi connectivity index (χ1n) is 15.8. The fraction of sp³-hybridized carbons (Fsp3) is 0.800. The summed E-state index contributed by atoms with van der Waals surface area (Å²) in [5, 5.41) is 4.14. The molecule has 0 aromatic rings. The number of urea groups is 2. The second-order valence-corrected chi connectivity index (χ2v) is 15.5. The van der Waals surface area contributed by atoms with Gasteiger partial charge in [-0.15, -0.1) is 8.57 Å². The zero-order valence-corrected chi connectivity index (χ0v) is 29.3. The molecule has 26 heteroatoms. The Kier molecular flexibility index (Phi) is 11.2. The van der Waals surface area contributed by atoms with E-state index in [1.165, 1.54) is 9.80 Å². The average molecular weight is 773 g/mol. The van der Waals surface area contributed by atoms with E-state index < -0.39 is 86.6 Å². The van der Waals surface area contributed by atoms with Crippen LogP contribution in [0.3, 0.4) is 0 Å². The predicted octanol–water partition coefficient (Wildman–Crippen LogP) is -2.33. The number of hydrogen-bond donors (Lipinski definition) is 5. The number of nitrogens with one attached hydrogen (secondary N) is 3. The van der Waals surface area contributed by atoms with E-state index >= 15 is 0 Å². The van der Waals surface area contributed by atoms with Crippen molar-refractivity contribution in [3.63, 3.8) is 0 Å². The molecule has 6 heterocycles. The summed E-state index contributed by atoms with van der Waals surface area (Å²) in [5.74, 6) is -1.03. The highest BCUT2D eigenvalue weighted by atomic mass is 32.3. The Hall–Kier alpha value is -3.63. The van der Waals surface area contributed by atoms with E-state index in [-0.39, 0.29) is 38.7 Å². The van der Waals surface area contributed by atoms with Crippen LogP contribution in [0.4, 0.5) is 14.4 Å². The summed E-state index contributed by atoms with van der Waals surface area (Å²) in [6.07, 6.45) is 0.340. The molecule has 6 aliphatic heterocycles. The highest BCUT2D eigenvalue weighted by Gasteiger charge is 2.51. The Labute approximate surface area is 292 Å². The summed E-state index contributed by atoms with van der Waals surface area (Å²) in [5.41, 5.74) is 4.01. The van der Waals surface area contributed by atoms with Gasteiger partial charge in [0.1, 0.15) is 29.9 Å². The molecule has 0 aliphatic carbocycles. The molecular weight excluding hydrogens is 732 g/mol. The quantitative estimate of drug-likeness (QED) is 0.115. The summed E-state index contributed by atoms with van der Waals surface area (Å²) in [6.45, 7) is 7.30. The van der Waals surface area contributed by atoms with Crippen LogP contribution in [0.1, 0.15) is 46.5 Å². The number of nitrogens with zero attached hydrogens (tertiary/aromatic N) is 5. The molecule has 4 atom stereocenters. The van der Waals surface area contributed by atoms with Gasteiger partial charge < -0.3 is 24.8 Å². The maximum Gasteiger partial charge on any atom is 0.418 e. The van der Waals surface area contributed by atoms with Crippen LogP contribution in [-0.4, -0.2) is 162 Å². The van der Waals surface area contributed by atoms with E-state index in [9.17, 15) is 40.8 Å². The molecule has 288 valence electrons. The van der Waals surface area contributed by atoms with Crippen LogP contribution >= 0.6 is 0 Å². The first kappa shape index (κ1) is 38.6. The lowest BCUT2D eigenvalue weighted by atomic mass is 10.0. The molecule has 24 nitrogen and oxygen atoms in total. The van der Waals surface area contributed by atoms with E-state index in [1.54, 1.807) is 20.8 Å². The molecule has 0 aromatic carbocycles. The molecular formula is C25H40N8O16S2. The number of ether oxygens (including phenoxy) is 1. The molecule has 51 heavy (non-hydrogen) atoms. The van der Waals surface area contributed by atoms with Gasteiger partial charge in [0.15, 0.2) is 0 Å². The smallest absolute Gasteiger partial charge is 0.418 e. The van der Waals surface area contributed by atoms with Crippen molar-refractivity contribution in [2.24, 2.45) is 0 Å². The monoisotopic (exact) mass is 772 g/mol. The maximum absolute atomic E-state index is 12.4. The highest BCUT2D eigenvalue weighted by molar-refractivity contribution is 7.81. The standard InChI is InChI=1S/C15H24N4O9S.C10H16N4O7S/c1-15(2,3)26-14(22)17-7-10(8-17)27-16-12(20)11-5-4-9-6-18(11)13(21)19(9)28-29(23,24)25;15-9(12-20-7-3-11-4-7)8-2-1-6-5-13(8)10(16)14(6)21-22(17,18)19/h9-11H,4-8H2,1-3H3,(H,16,20)(H,23,24,25);6-8,11H,1-5H2,(H,12,15)(H,17,18,19)/t9-,11+;6-,8+/m11/s1. The van der Waals surface area contributed by atoms with Crippen LogP contribution < -0.4 is 16.3 Å². The minimum atomic E-state index is -4.85. The number of carbonyl (C=O) groups is 5. The van der Waals surface area contributed by atoms with Gasteiger partial charge in [-0.2, -0.15) is 27.0 Å². The molecule has 7 amide bonds. The number of fused-ring (bicyclic) bond motifs is 4. The van der Waals surface area contributed by atoms with Crippen LogP contribution in [-0.2, 0) is 53.4 Å². The summed E-state index contributed by atoms with van der Waals surface area (Å²) < 4.78 is 74.6. The Morgan fingerprint density at radius 2 is 1.16 bits per heavy atom. The minimum absolute atomic E-state index is 0.0856. The van der Waals surface area contributed by atoms with E-state index in [4.69, 9.17) is 23.5 Å². The first-order valence-corrected chi connectivity index (χ1v) is 18.6. The van der Waals surface area contributed by atoms with Crippen LogP contribution in [0.5, 0.6) is 0 Å². The summed E-state index contributed by atoms with van der Waals surface area (Å²) in [7, 11) is -9.64. The Balaban J connectivity index is 0.000000205. The number of hydrogen-bond acceptors (Lipinski definition) is 15. The third kappa shape index (κ3) is 9.63. The second-order valence-electron chi connectivity index (χ2n) is 13.5. The van der Waals surface area contributed by atoms with Crippen molar-refractivity contribution in [3.8, 4) is 0 Å². The average Bonchev–Trinajstić information content (AvgIpc) is 3.33. The van der Waals surface area contributed by atoms with Crippen LogP contribution in [0.25, 0.3) is 0 Å². The van der Waals surface area contributed by atoms with Gasteiger partial charge in [-0.1, -0.05) is 0 Å². The van der Waals surface area contributed by atoms with Crippen molar-refractivity contribution in [3.05, 3.63) is 0 Å². The van der Waals surface area contributed by atoms with Crippen molar-refractivity contribution in [1.29, 1.82) is 0 Å². The molecule has 0 spiro atoms. The van der Waals surface area contributed by atoms with Gasteiger partial charge in [0.05, 0.1) is 25.2 Å². The van der Waals surface area contributed by atoms with Gasteiger partial charge in [0.2, 0.25) is 0 Å². The number of rotatable bonds is 10. The van der Waals surface area contributed by atoms with Gasteiger partial charge in [0, 0.05) is 26.2 Å². The zero-order chi connectivity index (χ0) is 37.5. The van der Waals surface area contributed by atoms with Crippen molar-refractivity contribution in [2.45, 2.75) is 88.4 Å². The third-order valence-corrected chi connectivity index (χ3v) is 9.19. The van der Waals surface area contributed by atoms with E-state index in [0.717, 1.165) is 4.90 Å². The van der Waals surface area contributed by atoms with Crippen molar-refractivity contribution in [1.82, 2.24) is 41.1 Å². The molecule has 0 saturated carbocycles. The first-order chi connectivity index (χ1) is 23.7. The largest absolute Gasteiger partial charge is 0.444 e. The van der Waals surface area contributed by atoms with Gasteiger partial charge in [-0.05, 0) is 46.5 Å². The van der Waals surface area contributed by atoms with E-state index in [2.05, 4.69) is 24.8 Å². The predicted molar refractivity (Wildman–Crippen MR) is 163 cm³/mol. The Morgan fingerprint density at radius 3 is 1.53 bits per heavy atom.